The molecule has 0 fully saturated rings. The molecule has 0 bridgehead atoms. The molecule has 3 aromatic rings. The highest BCUT2D eigenvalue weighted by Gasteiger charge is 2.13. The van der Waals surface area contributed by atoms with Crippen LogP contribution in [0.2, 0.25) is 0 Å². The Morgan fingerprint density at radius 2 is 2.00 bits per heavy atom. The average Bonchev–Trinajstić information content (AvgIpc) is 2.69. The smallest absolute Gasteiger partial charge is 0.276 e. The van der Waals surface area contributed by atoms with Gasteiger partial charge in [-0.1, -0.05) is 12.1 Å². The van der Waals surface area contributed by atoms with Crippen LogP contribution in [0, 0.1) is 5.82 Å². The Bertz CT molecular complexity index is 776. The number of hydrogen-bond donors (Lipinski definition) is 1. The van der Waals surface area contributed by atoms with Gasteiger partial charge < -0.3 is 4.98 Å². The Kier molecular flexibility index (Phi) is 2.52. The molecule has 0 aliphatic heterocycles. The van der Waals surface area contributed by atoms with Crippen molar-refractivity contribution in [1.29, 1.82) is 0 Å². The van der Waals surface area contributed by atoms with Crippen LogP contribution in [0.4, 0.5) is 4.39 Å². The Balaban J connectivity index is 2.30. The minimum atomic E-state index is -0.297. The Morgan fingerprint density at radius 3 is 2.67 bits per heavy atom. The van der Waals surface area contributed by atoms with Crippen molar-refractivity contribution in [3.8, 4) is 11.1 Å². The van der Waals surface area contributed by atoms with Crippen LogP contribution in [0.25, 0.3) is 16.6 Å². The molecule has 0 aliphatic rings. The normalized spacial score (nSPS) is 11.0. The van der Waals surface area contributed by atoms with Crippen molar-refractivity contribution >= 4 is 21.4 Å². The fourth-order valence-electron chi connectivity index (χ4n) is 1.82. The summed E-state index contributed by atoms with van der Waals surface area (Å²) in [7, 11) is 0. The van der Waals surface area contributed by atoms with Crippen LogP contribution < -0.4 is 5.56 Å². The van der Waals surface area contributed by atoms with Crippen LogP contribution in [0.3, 0.4) is 0 Å². The molecule has 0 radical (unpaired) electrons. The number of nitrogens with zero attached hydrogens (tertiary/aromatic N) is 2. The fraction of sp³-hybridized carbons (Fsp3) is 0. The molecule has 18 heavy (non-hydrogen) atoms. The predicted octanol–water partition coefficient (Wildman–Crippen LogP) is 2.59. The Hall–Kier alpha value is -1.95. The number of nitrogens with one attached hydrogen (secondary N) is 1. The molecule has 0 aliphatic carbocycles. The molecule has 0 spiro atoms. The second-order valence-corrected chi connectivity index (χ2v) is 4.57. The molecule has 2 heterocycles. The van der Waals surface area contributed by atoms with Gasteiger partial charge in [0.05, 0.1) is 4.47 Å². The van der Waals surface area contributed by atoms with E-state index in [1.807, 2.05) is 0 Å². The molecule has 0 atom stereocenters. The minimum absolute atomic E-state index is 0.231. The lowest BCUT2D eigenvalue weighted by Gasteiger charge is -1.97. The fourth-order valence-corrected chi connectivity index (χ4v) is 2.51. The van der Waals surface area contributed by atoms with E-state index in [1.54, 1.807) is 18.3 Å². The van der Waals surface area contributed by atoms with Crippen LogP contribution in [-0.2, 0) is 0 Å². The lowest BCUT2D eigenvalue weighted by atomic mass is 10.1. The first-order chi connectivity index (χ1) is 8.66. The molecule has 4 nitrogen and oxygen atoms in total. The SMILES string of the molecule is O=c1[nH]cnn2cc(-c3ccc(F)cc3)c(Br)c12. The summed E-state index contributed by atoms with van der Waals surface area (Å²) in [5.74, 6) is -0.297. The largest absolute Gasteiger partial charge is 0.310 e. The lowest BCUT2D eigenvalue weighted by molar-refractivity contribution is 0.628. The number of aromatic nitrogens is 3. The molecule has 0 amide bonds. The quantitative estimate of drug-likeness (QED) is 0.751. The van der Waals surface area contributed by atoms with Crippen molar-refractivity contribution in [1.82, 2.24) is 14.6 Å². The van der Waals surface area contributed by atoms with Crippen molar-refractivity contribution < 1.29 is 4.39 Å². The molecule has 90 valence electrons. The van der Waals surface area contributed by atoms with Gasteiger partial charge >= 0.3 is 0 Å². The maximum atomic E-state index is 12.9. The van der Waals surface area contributed by atoms with E-state index in [-0.39, 0.29) is 11.4 Å². The van der Waals surface area contributed by atoms with Crippen LogP contribution in [0.15, 0.2) is 46.1 Å². The zero-order valence-electron chi connectivity index (χ0n) is 9.02. The second-order valence-electron chi connectivity index (χ2n) is 3.77. The Labute approximate surface area is 109 Å². The van der Waals surface area contributed by atoms with E-state index in [9.17, 15) is 9.18 Å². The molecule has 3 rings (SSSR count). The van der Waals surface area contributed by atoms with Gasteiger partial charge in [0.2, 0.25) is 0 Å². The van der Waals surface area contributed by atoms with Gasteiger partial charge in [-0.2, -0.15) is 5.10 Å². The number of halogens is 2. The Morgan fingerprint density at radius 1 is 1.28 bits per heavy atom. The van der Waals surface area contributed by atoms with Gasteiger partial charge in [0.1, 0.15) is 17.7 Å². The minimum Gasteiger partial charge on any atom is -0.310 e. The molecule has 1 aromatic carbocycles. The summed E-state index contributed by atoms with van der Waals surface area (Å²) in [4.78, 5) is 14.2. The lowest BCUT2D eigenvalue weighted by Crippen LogP contribution is -2.09. The summed E-state index contributed by atoms with van der Waals surface area (Å²) < 4.78 is 15.0. The highest BCUT2D eigenvalue weighted by molar-refractivity contribution is 9.10. The van der Waals surface area contributed by atoms with Crippen molar-refractivity contribution in [3.63, 3.8) is 0 Å². The van der Waals surface area contributed by atoms with Gasteiger partial charge in [-0.05, 0) is 33.6 Å². The third-order valence-electron chi connectivity index (χ3n) is 2.67. The van der Waals surface area contributed by atoms with Crippen molar-refractivity contribution in [2.45, 2.75) is 0 Å². The summed E-state index contributed by atoms with van der Waals surface area (Å²) >= 11 is 3.38. The van der Waals surface area contributed by atoms with Gasteiger partial charge in [-0.25, -0.2) is 8.91 Å². The van der Waals surface area contributed by atoms with Gasteiger partial charge in [0, 0.05) is 11.8 Å². The predicted molar refractivity (Wildman–Crippen MR) is 68.9 cm³/mol. The molecule has 0 unspecified atom stereocenters. The molecular weight excluding hydrogens is 301 g/mol. The molecule has 0 saturated carbocycles. The maximum absolute atomic E-state index is 12.9. The van der Waals surface area contributed by atoms with Gasteiger partial charge in [-0.3, -0.25) is 4.79 Å². The van der Waals surface area contributed by atoms with E-state index in [4.69, 9.17) is 0 Å². The zero-order chi connectivity index (χ0) is 12.7. The summed E-state index contributed by atoms with van der Waals surface area (Å²) in [6.07, 6.45) is 3.05. The summed E-state index contributed by atoms with van der Waals surface area (Å²) in [5.41, 5.74) is 1.80. The van der Waals surface area contributed by atoms with E-state index < -0.39 is 0 Å². The van der Waals surface area contributed by atoms with Crippen molar-refractivity contribution in [3.05, 3.63) is 57.4 Å². The number of rotatable bonds is 1. The third kappa shape index (κ3) is 1.65. The number of aromatic amines is 1. The van der Waals surface area contributed by atoms with Gasteiger partial charge in [0.15, 0.2) is 0 Å². The first-order valence-electron chi connectivity index (χ1n) is 5.17. The van der Waals surface area contributed by atoms with Gasteiger partial charge in [-0.15, -0.1) is 0 Å². The first-order valence-corrected chi connectivity index (χ1v) is 5.96. The number of benzene rings is 1. The van der Waals surface area contributed by atoms with E-state index >= 15 is 0 Å². The molecule has 1 N–H and O–H groups in total. The highest BCUT2D eigenvalue weighted by Crippen LogP contribution is 2.31. The highest BCUT2D eigenvalue weighted by atomic mass is 79.9. The summed E-state index contributed by atoms with van der Waals surface area (Å²) in [6.45, 7) is 0. The standard InChI is InChI=1S/C12H7BrFN3O/c13-10-9(7-1-3-8(14)4-2-7)5-17-11(10)12(18)15-6-16-17/h1-6H,(H,15,16,18). The van der Waals surface area contributed by atoms with E-state index in [2.05, 4.69) is 26.0 Å². The zero-order valence-corrected chi connectivity index (χ0v) is 10.6. The van der Waals surface area contributed by atoms with E-state index in [0.29, 0.717) is 9.99 Å². The van der Waals surface area contributed by atoms with Crippen LogP contribution in [0.5, 0.6) is 0 Å². The van der Waals surface area contributed by atoms with Crippen LogP contribution in [0.1, 0.15) is 0 Å². The molecule has 2 aromatic heterocycles. The summed E-state index contributed by atoms with van der Waals surface area (Å²) in [5, 5.41) is 4.02. The van der Waals surface area contributed by atoms with Gasteiger partial charge in [0.25, 0.3) is 5.56 Å². The summed E-state index contributed by atoms with van der Waals surface area (Å²) in [6, 6.07) is 6.07. The molecule has 0 saturated heterocycles. The monoisotopic (exact) mass is 307 g/mol. The van der Waals surface area contributed by atoms with E-state index in [1.165, 1.54) is 23.0 Å². The van der Waals surface area contributed by atoms with Crippen LogP contribution >= 0.6 is 15.9 Å². The number of hydrogen-bond acceptors (Lipinski definition) is 2. The van der Waals surface area contributed by atoms with Crippen molar-refractivity contribution in [2.75, 3.05) is 0 Å². The molecule has 6 heteroatoms. The molecular formula is C12H7BrFN3O. The van der Waals surface area contributed by atoms with Crippen molar-refractivity contribution in [2.24, 2.45) is 0 Å². The number of fused-ring (bicyclic) bond motifs is 1. The second kappa shape index (κ2) is 4.06. The topological polar surface area (TPSA) is 50.2 Å². The first kappa shape index (κ1) is 11.2. The average molecular weight is 308 g/mol. The third-order valence-corrected chi connectivity index (χ3v) is 3.48. The van der Waals surface area contributed by atoms with E-state index in [0.717, 1.165) is 11.1 Å². The number of H-pyrrole nitrogens is 1. The van der Waals surface area contributed by atoms with Crippen LogP contribution in [-0.4, -0.2) is 14.6 Å². The maximum Gasteiger partial charge on any atom is 0.276 e.